The fourth-order valence-electron chi connectivity index (χ4n) is 2.42. The molecule has 1 heterocycles. The van der Waals surface area contributed by atoms with Crippen LogP contribution in [0, 0.1) is 0 Å². The summed E-state index contributed by atoms with van der Waals surface area (Å²) in [6.45, 7) is 7.86. The van der Waals surface area contributed by atoms with E-state index in [0.29, 0.717) is 0 Å². The highest BCUT2D eigenvalue weighted by Gasteiger charge is 2.38. The number of likely N-dealkylation sites (N-methyl/N-ethyl adjacent to an activating group) is 1. The van der Waals surface area contributed by atoms with E-state index in [1.165, 1.54) is 10.4 Å². The number of amides is 1. The molecule has 1 aromatic rings. The van der Waals surface area contributed by atoms with Gasteiger partial charge in [0.2, 0.25) is 0 Å². The highest BCUT2D eigenvalue weighted by molar-refractivity contribution is 7.10. The Labute approximate surface area is 119 Å². The second kappa shape index (κ2) is 4.82. The predicted molar refractivity (Wildman–Crippen MR) is 78.7 cm³/mol. The summed E-state index contributed by atoms with van der Waals surface area (Å²) in [6, 6.07) is 2.20. The highest BCUT2D eigenvalue weighted by Crippen LogP contribution is 2.35. The Hall–Kier alpha value is -1.03. The van der Waals surface area contributed by atoms with Crippen molar-refractivity contribution in [3.05, 3.63) is 21.9 Å². The molecule has 0 aromatic carbocycles. The molecule has 1 aliphatic carbocycles. The van der Waals surface area contributed by atoms with Crippen LogP contribution in [0.3, 0.4) is 0 Å². The van der Waals surface area contributed by atoms with Crippen molar-refractivity contribution in [1.29, 1.82) is 0 Å². The SMILES string of the molecule is CN(C(=O)OC(C)(C)C)C1(C)CCc2ccsc2C1. The Morgan fingerprint density at radius 3 is 2.79 bits per heavy atom. The Balaban J connectivity index is 2.11. The van der Waals surface area contributed by atoms with Crippen LogP contribution in [0.15, 0.2) is 11.4 Å². The van der Waals surface area contributed by atoms with Crippen molar-refractivity contribution < 1.29 is 9.53 Å². The molecule has 0 radical (unpaired) electrons. The van der Waals surface area contributed by atoms with Gasteiger partial charge in [0, 0.05) is 23.9 Å². The standard InChI is InChI=1S/C15H23NO2S/c1-14(2,3)18-13(17)16(5)15(4)8-6-11-7-9-19-12(11)10-15/h7,9H,6,8,10H2,1-5H3. The fraction of sp³-hybridized carbons (Fsp3) is 0.667. The molecule has 0 bridgehead atoms. The third-order valence-electron chi connectivity index (χ3n) is 3.79. The van der Waals surface area contributed by atoms with Crippen molar-refractivity contribution in [2.75, 3.05) is 7.05 Å². The molecule has 1 atom stereocenters. The fourth-order valence-corrected chi connectivity index (χ4v) is 3.53. The molecular weight excluding hydrogens is 258 g/mol. The zero-order valence-corrected chi connectivity index (χ0v) is 13.3. The van der Waals surface area contributed by atoms with Crippen LogP contribution < -0.4 is 0 Å². The number of rotatable bonds is 1. The molecule has 1 unspecified atom stereocenters. The van der Waals surface area contributed by atoms with Crippen LogP contribution in [-0.2, 0) is 17.6 Å². The van der Waals surface area contributed by atoms with E-state index in [4.69, 9.17) is 4.74 Å². The molecule has 3 nitrogen and oxygen atoms in total. The summed E-state index contributed by atoms with van der Waals surface area (Å²) in [5, 5.41) is 2.14. The quantitative estimate of drug-likeness (QED) is 0.782. The molecule has 1 aliphatic rings. The van der Waals surface area contributed by atoms with E-state index >= 15 is 0 Å². The smallest absolute Gasteiger partial charge is 0.410 e. The molecule has 2 rings (SSSR count). The number of carbonyl (C=O) groups is 1. The lowest BCUT2D eigenvalue weighted by Gasteiger charge is -2.41. The lowest BCUT2D eigenvalue weighted by molar-refractivity contribution is 0.00572. The summed E-state index contributed by atoms with van der Waals surface area (Å²) in [4.78, 5) is 15.4. The molecular formula is C15H23NO2S. The summed E-state index contributed by atoms with van der Waals surface area (Å²) in [5.74, 6) is 0. The van der Waals surface area contributed by atoms with Gasteiger partial charge in [-0.15, -0.1) is 11.3 Å². The van der Waals surface area contributed by atoms with Gasteiger partial charge in [0.15, 0.2) is 0 Å². The molecule has 19 heavy (non-hydrogen) atoms. The van der Waals surface area contributed by atoms with Crippen molar-refractivity contribution in [3.63, 3.8) is 0 Å². The molecule has 106 valence electrons. The van der Waals surface area contributed by atoms with Gasteiger partial charge in [-0.3, -0.25) is 0 Å². The molecule has 1 amide bonds. The monoisotopic (exact) mass is 281 g/mol. The van der Waals surface area contributed by atoms with E-state index in [1.54, 1.807) is 16.2 Å². The van der Waals surface area contributed by atoms with Crippen LogP contribution in [0.2, 0.25) is 0 Å². The normalized spacial score (nSPS) is 22.8. The van der Waals surface area contributed by atoms with Gasteiger partial charge >= 0.3 is 6.09 Å². The second-order valence-corrected chi connectivity index (χ2v) is 7.58. The van der Waals surface area contributed by atoms with Gasteiger partial charge in [0.1, 0.15) is 5.60 Å². The first kappa shape index (κ1) is 14.4. The van der Waals surface area contributed by atoms with Gasteiger partial charge in [-0.2, -0.15) is 0 Å². The predicted octanol–water partition coefficient (Wildman–Crippen LogP) is 3.86. The van der Waals surface area contributed by atoms with Gasteiger partial charge in [-0.1, -0.05) is 0 Å². The minimum Gasteiger partial charge on any atom is -0.444 e. The average molecular weight is 281 g/mol. The number of nitrogens with zero attached hydrogens (tertiary/aromatic N) is 1. The highest BCUT2D eigenvalue weighted by atomic mass is 32.1. The van der Waals surface area contributed by atoms with Gasteiger partial charge in [-0.25, -0.2) is 4.79 Å². The number of hydrogen-bond donors (Lipinski definition) is 0. The summed E-state index contributed by atoms with van der Waals surface area (Å²) in [6.07, 6.45) is 2.74. The largest absolute Gasteiger partial charge is 0.444 e. The van der Waals surface area contributed by atoms with Crippen molar-refractivity contribution in [1.82, 2.24) is 4.90 Å². The summed E-state index contributed by atoms with van der Waals surface area (Å²) >= 11 is 1.79. The maximum atomic E-state index is 12.2. The van der Waals surface area contributed by atoms with Crippen LogP contribution >= 0.6 is 11.3 Å². The van der Waals surface area contributed by atoms with Gasteiger partial charge in [0.25, 0.3) is 0 Å². The first-order chi connectivity index (χ1) is 8.71. The third kappa shape index (κ3) is 3.11. The van der Waals surface area contributed by atoms with Crippen molar-refractivity contribution in [2.45, 2.75) is 58.1 Å². The summed E-state index contributed by atoms with van der Waals surface area (Å²) < 4.78 is 5.48. The lowest BCUT2D eigenvalue weighted by atomic mass is 9.82. The van der Waals surface area contributed by atoms with E-state index in [1.807, 2.05) is 27.8 Å². The first-order valence-corrected chi connectivity index (χ1v) is 7.61. The zero-order chi connectivity index (χ0) is 14.3. The molecule has 0 fully saturated rings. The van der Waals surface area contributed by atoms with Gasteiger partial charge in [0.05, 0.1) is 0 Å². The van der Waals surface area contributed by atoms with Crippen molar-refractivity contribution in [2.24, 2.45) is 0 Å². The van der Waals surface area contributed by atoms with E-state index in [0.717, 1.165) is 19.3 Å². The Kier molecular flexibility index (Phi) is 3.65. The number of ether oxygens (including phenoxy) is 1. The van der Waals surface area contributed by atoms with Crippen LogP contribution in [0.1, 0.15) is 44.6 Å². The van der Waals surface area contributed by atoms with E-state index in [2.05, 4.69) is 18.4 Å². The average Bonchev–Trinajstić information content (AvgIpc) is 2.72. The number of hydrogen-bond acceptors (Lipinski definition) is 3. The number of thiophene rings is 1. The maximum absolute atomic E-state index is 12.2. The molecule has 0 spiro atoms. The van der Waals surface area contributed by atoms with E-state index in [9.17, 15) is 4.79 Å². The van der Waals surface area contributed by atoms with Crippen LogP contribution in [-0.4, -0.2) is 29.2 Å². The molecule has 4 heteroatoms. The van der Waals surface area contributed by atoms with E-state index < -0.39 is 5.60 Å². The van der Waals surface area contributed by atoms with Crippen LogP contribution in [0.25, 0.3) is 0 Å². The Bertz CT molecular complexity index is 475. The molecule has 0 saturated carbocycles. The maximum Gasteiger partial charge on any atom is 0.410 e. The van der Waals surface area contributed by atoms with Gasteiger partial charge < -0.3 is 9.64 Å². The van der Waals surface area contributed by atoms with Crippen molar-refractivity contribution >= 4 is 17.4 Å². The number of carbonyl (C=O) groups excluding carboxylic acids is 1. The Morgan fingerprint density at radius 1 is 1.47 bits per heavy atom. The van der Waals surface area contributed by atoms with E-state index in [-0.39, 0.29) is 11.6 Å². The topological polar surface area (TPSA) is 29.5 Å². The molecule has 0 N–H and O–H groups in total. The third-order valence-corrected chi connectivity index (χ3v) is 4.75. The number of aryl methyl sites for hydroxylation is 1. The molecule has 0 saturated heterocycles. The van der Waals surface area contributed by atoms with Crippen LogP contribution in [0.5, 0.6) is 0 Å². The first-order valence-electron chi connectivity index (χ1n) is 6.73. The summed E-state index contributed by atoms with van der Waals surface area (Å²) in [7, 11) is 1.85. The lowest BCUT2D eigenvalue weighted by Crippen LogP contribution is -2.51. The van der Waals surface area contributed by atoms with Crippen LogP contribution in [0.4, 0.5) is 4.79 Å². The van der Waals surface area contributed by atoms with Gasteiger partial charge in [-0.05, 0) is 57.5 Å². The summed E-state index contributed by atoms with van der Waals surface area (Å²) in [5.41, 5.74) is 0.866. The second-order valence-electron chi connectivity index (χ2n) is 6.58. The molecule has 0 aliphatic heterocycles. The minimum absolute atomic E-state index is 0.139. The minimum atomic E-state index is -0.440. The van der Waals surface area contributed by atoms with Crippen molar-refractivity contribution in [3.8, 4) is 0 Å². The molecule has 1 aromatic heterocycles. The zero-order valence-electron chi connectivity index (χ0n) is 12.4. The number of fused-ring (bicyclic) bond motifs is 1. The Morgan fingerprint density at radius 2 is 2.16 bits per heavy atom.